The van der Waals surface area contributed by atoms with Crippen molar-refractivity contribution >= 4 is 49.0 Å². The van der Waals surface area contributed by atoms with E-state index in [1.807, 2.05) is 11.4 Å². The molecule has 1 nitrogen and oxygen atoms in total. The minimum Gasteiger partial charge on any atom is -0.507 e. The maximum Gasteiger partial charge on any atom is 0.130 e. The molecule has 0 aliphatic heterocycles. The van der Waals surface area contributed by atoms with Gasteiger partial charge >= 0.3 is 0 Å². The first-order valence-corrected chi connectivity index (χ1v) is 5.29. The van der Waals surface area contributed by atoms with E-state index in [-0.39, 0.29) is 5.75 Å². The standard InChI is InChI=1S/C8H4BrClOS/c9-5-2-8-4(1-7(5)11)6(10)3-12-8/h1-3,11H. The zero-order valence-corrected chi connectivity index (χ0v) is 9.00. The van der Waals surface area contributed by atoms with Gasteiger partial charge in [-0.2, -0.15) is 0 Å². The van der Waals surface area contributed by atoms with Crippen molar-refractivity contribution in [1.82, 2.24) is 0 Å². The molecule has 1 aromatic heterocycles. The van der Waals surface area contributed by atoms with E-state index in [0.717, 1.165) is 10.1 Å². The maximum absolute atomic E-state index is 9.36. The first-order valence-electron chi connectivity index (χ1n) is 3.23. The van der Waals surface area contributed by atoms with Gasteiger partial charge in [0.15, 0.2) is 0 Å². The molecule has 12 heavy (non-hydrogen) atoms. The van der Waals surface area contributed by atoms with Crippen LogP contribution >= 0.6 is 38.9 Å². The molecule has 1 heterocycles. The summed E-state index contributed by atoms with van der Waals surface area (Å²) in [6.45, 7) is 0. The number of phenols is 1. The average molecular weight is 264 g/mol. The second kappa shape index (κ2) is 2.91. The van der Waals surface area contributed by atoms with Gasteiger partial charge in [-0.15, -0.1) is 11.3 Å². The molecule has 4 heteroatoms. The summed E-state index contributed by atoms with van der Waals surface area (Å²) in [4.78, 5) is 0. The van der Waals surface area contributed by atoms with Gasteiger partial charge in [0.1, 0.15) is 5.75 Å². The van der Waals surface area contributed by atoms with Gasteiger partial charge in [0.2, 0.25) is 0 Å². The molecule has 0 bridgehead atoms. The third kappa shape index (κ3) is 1.22. The molecule has 0 fully saturated rings. The van der Waals surface area contributed by atoms with Crippen molar-refractivity contribution in [2.24, 2.45) is 0 Å². The van der Waals surface area contributed by atoms with Crippen molar-refractivity contribution in [3.8, 4) is 5.75 Å². The number of hydrogen-bond donors (Lipinski definition) is 1. The summed E-state index contributed by atoms with van der Waals surface area (Å²) in [5.41, 5.74) is 0. The summed E-state index contributed by atoms with van der Waals surface area (Å²) >= 11 is 10.7. The van der Waals surface area contributed by atoms with Crippen LogP contribution in [0.4, 0.5) is 0 Å². The Morgan fingerprint density at radius 2 is 2.17 bits per heavy atom. The largest absolute Gasteiger partial charge is 0.507 e. The van der Waals surface area contributed by atoms with Crippen LogP contribution in [0.2, 0.25) is 5.02 Å². The number of phenolic OH excluding ortho intramolecular Hbond substituents is 1. The molecule has 2 aromatic rings. The van der Waals surface area contributed by atoms with Crippen LogP contribution in [0.25, 0.3) is 10.1 Å². The van der Waals surface area contributed by atoms with Gasteiger partial charge in [0, 0.05) is 15.5 Å². The molecule has 62 valence electrons. The van der Waals surface area contributed by atoms with E-state index in [2.05, 4.69) is 15.9 Å². The van der Waals surface area contributed by atoms with E-state index in [1.165, 1.54) is 0 Å². The summed E-state index contributed by atoms with van der Waals surface area (Å²) in [6.07, 6.45) is 0. The van der Waals surface area contributed by atoms with Gasteiger partial charge in [0.05, 0.1) is 9.50 Å². The zero-order valence-electron chi connectivity index (χ0n) is 5.84. The Bertz CT molecular complexity index is 438. The lowest BCUT2D eigenvalue weighted by molar-refractivity contribution is 0.473. The van der Waals surface area contributed by atoms with Crippen LogP contribution in [0.3, 0.4) is 0 Å². The summed E-state index contributed by atoms with van der Waals surface area (Å²) in [5.74, 6) is 0.225. The molecule has 0 radical (unpaired) electrons. The van der Waals surface area contributed by atoms with Gasteiger partial charge in [-0.3, -0.25) is 0 Å². The molecule has 0 atom stereocenters. The SMILES string of the molecule is Oc1cc2c(Cl)csc2cc1Br. The number of fused-ring (bicyclic) bond motifs is 1. The quantitative estimate of drug-likeness (QED) is 0.761. The lowest BCUT2D eigenvalue weighted by Crippen LogP contribution is -1.68. The van der Waals surface area contributed by atoms with E-state index in [0.29, 0.717) is 9.50 Å². The minimum absolute atomic E-state index is 0.225. The predicted molar refractivity (Wildman–Crippen MR) is 56.2 cm³/mol. The molecule has 0 spiro atoms. The summed E-state index contributed by atoms with van der Waals surface area (Å²) in [6, 6.07) is 3.53. The van der Waals surface area contributed by atoms with E-state index in [4.69, 9.17) is 11.6 Å². The van der Waals surface area contributed by atoms with Crippen LogP contribution in [0.5, 0.6) is 5.75 Å². The third-order valence-corrected chi connectivity index (χ3v) is 3.62. The number of thiophene rings is 1. The van der Waals surface area contributed by atoms with E-state index < -0.39 is 0 Å². The van der Waals surface area contributed by atoms with E-state index in [9.17, 15) is 5.11 Å². The fourth-order valence-corrected chi connectivity index (χ4v) is 2.69. The molecular formula is C8H4BrClOS. The van der Waals surface area contributed by atoms with Gasteiger partial charge in [-0.05, 0) is 28.1 Å². The summed E-state index contributed by atoms with van der Waals surface area (Å²) < 4.78 is 1.78. The Kier molecular flexibility index (Phi) is 2.02. The Morgan fingerprint density at radius 1 is 1.42 bits per heavy atom. The van der Waals surface area contributed by atoms with Crippen LogP contribution in [-0.2, 0) is 0 Å². The Morgan fingerprint density at radius 3 is 2.92 bits per heavy atom. The number of benzene rings is 1. The molecule has 1 aromatic carbocycles. The van der Waals surface area contributed by atoms with Crippen molar-refractivity contribution in [2.45, 2.75) is 0 Å². The first-order chi connectivity index (χ1) is 5.68. The maximum atomic E-state index is 9.36. The lowest BCUT2D eigenvalue weighted by atomic mass is 10.2. The minimum atomic E-state index is 0.225. The normalized spacial score (nSPS) is 10.8. The molecule has 0 unspecified atom stereocenters. The lowest BCUT2D eigenvalue weighted by Gasteiger charge is -1.96. The average Bonchev–Trinajstić information content (AvgIpc) is 2.35. The second-order valence-corrected chi connectivity index (χ2v) is 4.56. The molecule has 0 aliphatic rings. The Labute approximate surface area is 86.7 Å². The molecular weight excluding hydrogens is 260 g/mol. The van der Waals surface area contributed by atoms with Crippen molar-refractivity contribution in [1.29, 1.82) is 0 Å². The summed E-state index contributed by atoms with van der Waals surface area (Å²) in [7, 11) is 0. The highest BCUT2D eigenvalue weighted by atomic mass is 79.9. The van der Waals surface area contributed by atoms with Gasteiger partial charge in [0.25, 0.3) is 0 Å². The van der Waals surface area contributed by atoms with Crippen molar-refractivity contribution in [2.75, 3.05) is 0 Å². The topological polar surface area (TPSA) is 20.2 Å². The Hall–Kier alpha value is -0.250. The highest BCUT2D eigenvalue weighted by Gasteiger charge is 2.05. The van der Waals surface area contributed by atoms with Crippen LogP contribution in [0.15, 0.2) is 22.0 Å². The van der Waals surface area contributed by atoms with Crippen LogP contribution in [0.1, 0.15) is 0 Å². The second-order valence-electron chi connectivity index (χ2n) is 2.38. The van der Waals surface area contributed by atoms with Gasteiger partial charge < -0.3 is 5.11 Å². The Balaban J connectivity index is 2.87. The van der Waals surface area contributed by atoms with Gasteiger partial charge in [-0.25, -0.2) is 0 Å². The highest BCUT2D eigenvalue weighted by molar-refractivity contribution is 9.10. The molecule has 0 saturated heterocycles. The van der Waals surface area contributed by atoms with E-state index >= 15 is 0 Å². The predicted octanol–water partition coefficient (Wildman–Crippen LogP) is 4.02. The fourth-order valence-electron chi connectivity index (χ4n) is 1.01. The third-order valence-electron chi connectivity index (χ3n) is 1.60. The van der Waals surface area contributed by atoms with Crippen molar-refractivity contribution in [3.63, 3.8) is 0 Å². The number of rotatable bonds is 0. The zero-order chi connectivity index (χ0) is 8.72. The van der Waals surface area contributed by atoms with Crippen LogP contribution < -0.4 is 0 Å². The molecule has 1 N–H and O–H groups in total. The van der Waals surface area contributed by atoms with Gasteiger partial charge in [-0.1, -0.05) is 11.6 Å². The monoisotopic (exact) mass is 262 g/mol. The number of aromatic hydroxyl groups is 1. The molecule has 0 amide bonds. The molecule has 0 saturated carbocycles. The molecule has 2 rings (SSSR count). The van der Waals surface area contributed by atoms with Crippen molar-refractivity contribution < 1.29 is 5.11 Å². The van der Waals surface area contributed by atoms with Crippen LogP contribution in [-0.4, -0.2) is 5.11 Å². The first kappa shape index (κ1) is 8.35. The van der Waals surface area contributed by atoms with E-state index in [1.54, 1.807) is 17.4 Å². The summed E-state index contributed by atoms with van der Waals surface area (Å²) in [5, 5.41) is 12.8. The molecule has 0 aliphatic carbocycles. The highest BCUT2D eigenvalue weighted by Crippen LogP contribution is 2.36. The number of halogens is 2. The smallest absolute Gasteiger partial charge is 0.130 e. The van der Waals surface area contributed by atoms with Crippen LogP contribution in [0, 0.1) is 0 Å². The fraction of sp³-hybridized carbons (Fsp3) is 0. The number of hydrogen-bond acceptors (Lipinski definition) is 2. The van der Waals surface area contributed by atoms with Crippen molar-refractivity contribution in [3.05, 3.63) is 27.0 Å².